The molecule has 0 saturated carbocycles. The van der Waals surface area contributed by atoms with Crippen molar-refractivity contribution >= 4 is 41.0 Å². The van der Waals surface area contributed by atoms with Crippen LogP contribution in [0.2, 0.25) is 5.02 Å². The molecule has 6 heteroatoms. The van der Waals surface area contributed by atoms with Crippen LogP contribution < -0.4 is 5.32 Å². The Hall–Kier alpha value is -1.17. The van der Waals surface area contributed by atoms with Crippen LogP contribution in [0.4, 0.5) is 4.39 Å². The first-order valence-electron chi connectivity index (χ1n) is 7.54. The van der Waals surface area contributed by atoms with Gasteiger partial charge in [-0.3, -0.25) is 4.79 Å². The van der Waals surface area contributed by atoms with Crippen molar-refractivity contribution < 1.29 is 9.18 Å². The average Bonchev–Trinajstić information content (AvgIpc) is 2.58. The Kier molecular flexibility index (Phi) is 8.50. The molecule has 0 saturated heterocycles. The third-order valence-electron chi connectivity index (χ3n) is 3.17. The van der Waals surface area contributed by atoms with Crippen LogP contribution in [-0.4, -0.2) is 24.0 Å². The summed E-state index contributed by atoms with van der Waals surface area (Å²) in [7, 11) is 0. The number of halogens is 2. The maximum Gasteiger partial charge on any atom is 0.230 e. The molecule has 0 bridgehead atoms. The Balaban J connectivity index is 1.51. The van der Waals surface area contributed by atoms with Gasteiger partial charge in [-0.25, -0.2) is 4.39 Å². The quantitative estimate of drug-likeness (QED) is 0.633. The lowest BCUT2D eigenvalue weighted by molar-refractivity contribution is -0.118. The molecule has 128 valence electrons. The first kappa shape index (κ1) is 19.2. The van der Waals surface area contributed by atoms with Crippen molar-refractivity contribution in [2.75, 3.05) is 18.1 Å². The summed E-state index contributed by atoms with van der Waals surface area (Å²) in [6, 6.07) is 14.2. The van der Waals surface area contributed by atoms with Crippen LogP contribution in [0.15, 0.2) is 48.5 Å². The summed E-state index contributed by atoms with van der Waals surface area (Å²) in [5.41, 5.74) is 2.25. The lowest BCUT2D eigenvalue weighted by atomic mass is 10.2. The topological polar surface area (TPSA) is 29.1 Å². The van der Waals surface area contributed by atoms with Gasteiger partial charge in [0.25, 0.3) is 0 Å². The second-order valence-corrected chi connectivity index (χ2v) is 7.68. The van der Waals surface area contributed by atoms with Crippen LogP contribution >= 0.6 is 35.1 Å². The molecular weight excluding hydrogens is 365 g/mol. The van der Waals surface area contributed by atoms with Crippen LogP contribution in [0, 0.1) is 5.82 Å². The fraction of sp³-hybridized carbons (Fsp3) is 0.278. The summed E-state index contributed by atoms with van der Waals surface area (Å²) in [6.07, 6.45) is 0. The molecule has 0 aliphatic rings. The predicted molar refractivity (Wildman–Crippen MR) is 103 cm³/mol. The normalized spacial score (nSPS) is 10.6. The number of hydrogen-bond donors (Lipinski definition) is 1. The van der Waals surface area contributed by atoms with Gasteiger partial charge in [0.2, 0.25) is 5.91 Å². The van der Waals surface area contributed by atoms with E-state index < -0.39 is 0 Å². The number of amides is 1. The molecule has 0 aliphatic carbocycles. The third-order valence-corrected chi connectivity index (χ3v) is 5.45. The van der Waals surface area contributed by atoms with Gasteiger partial charge in [0.1, 0.15) is 5.82 Å². The van der Waals surface area contributed by atoms with Gasteiger partial charge in [0.15, 0.2) is 0 Å². The number of rotatable bonds is 9. The summed E-state index contributed by atoms with van der Waals surface area (Å²) in [5, 5.41) is 3.66. The number of hydrogen-bond acceptors (Lipinski definition) is 3. The largest absolute Gasteiger partial charge is 0.355 e. The standard InChI is InChI=1S/C18H19ClFNOS2/c19-16-5-1-14(2-6-16)11-23-10-9-21-18(22)13-24-12-15-3-7-17(20)8-4-15/h1-8H,9-13H2,(H,21,22). The highest BCUT2D eigenvalue weighted by molar-refractivity contribution is 7.99. The first-order valence-corrected chi connectivity index (χ1v) is 10.2. The Labute approximate surface area is 155 Å². The molecule has 0 spiro atoms. The van der Waals surface area contributed by atoms with Crippen molar-refractivity contribution in [1.29, 1.82) is 0 Å². The van der Waals surface area contributed by atoms with E-state index in [1.807, 2.05) is 24.3 Å². The van der Waals surface area contributed by atoms with Gasteiger partial charge in [0.05, 0.1) is 5.75 Å². The fourth-order valence-corrected chi connectivity index (χ4v) is 3.69. The maximum absolute atomic E-state index is 12.8. The summed E-state index contributed by atoms with van der Waals surface area (Å²) < 4.78 is 12.8. The summed E-state index contributed by atoms with van der Waals surface area (Å²) >= 11 is 9.15. The van der Waals surface area contributed by atoms with Crippen LogP contribution in [0.5, 0.6) is 0 Å². The Morgan fingerprint density at radius 3 is 2.21 bits per heavy atom. The highest BCUT2D eigenvalue weighted by Gasteiger charge is 2.02. The number of carbonyl (C=O) groups excluding carboxylic acids is 1. The van der Waals surface area contributed by atoms with E-state index in [-0.39, 0.29) is 11.7 Å². The molecule has 2 rings (SSSR count). The van der Waals surface area contributed by atoms with Crippen LogP contribution in [0.1, 0.15) is 11.1 Å². The molecule has 0 atom stereocenters. The highest BCUT2D eigenvalue weighted by Crippen LogP contribution is 2.15. The summed E-state index contributed by atoms with van der Waals surface area (Å²) in [6.45, 7) is 0.661. The Bertz CT molecular complexity index is 634. The minimum Gasteiger partial charge on any atom is -0.355 e. The van der Waals surface area contributed by atoms with Gasteiger partial charge in [0, 0.05) is 28.8 Å². The van der Waals surface area contributed by atoms with E-state index >= 15 is 0 Å². The number of carbonyl (C=O) groups is 1. The molecule has 0 unspecified atom stereocenters. The van der Waals surface area contributed by atoms with Gasteiger partial charge in [-0.15, -0.1) is 11.8 Å². The molecular formula is C18H19ClFNOS2. The van der Waals surface area contributed by atoms with E-state index in [0.717, 1.165) is 22.1 Å². The molecule has 2 nitrogen and oxygen atoms in total. The van der Waals surface area contributed by atoms with E-state index in [1.54, 1.807) is 23.9 Å². The SMILES string of the molecule is O=C(CSCc1ccc(F)cc1)NCCSCc1ccc(Cl)cc1. The van der Waals surface area contributed by atoms with E-state index in [0.29, 0.717) is 18.1 Å². The lowest BCUT2D eigenvalue weighted by Crippen LogP contribution is -2.27. The van der Waals surface area contributed by atoms with E-state index in [4.69, 9.17) is 11.6 Å². The fourth-order valence-electron chi connectivity index (χ4n) is 1.93. The van der Waals surface area contributed by atoms with Crippen molar-refractivity contribution in [1.82, 2.24) is 5.32 Å². The third kappa shape index (κ3) is 7.60. The molecule has 0 heterocycles. The van der Waals surface area contributed by atoms with E-state index in [9.17, 15) is 9.18 Å². The molecule has 0 aromatic heterocycles. The van der Waals surface area contributed by atoms with Gasteiger partial charge >= 0.3 is 0 Å². The summed E-state index contributed by atoms with van der Waals surface area (Å²) in [5.74, 6) is 2.70. The summed E-state index contributed by atoms with van der Waals surface area (Å²) in [4.78, 5) is 11.7. The average molecular weight is 384 g/mol. The molecule has 1 amide bonds. The highest BCUT2D eigenvalue weighted by atomic mass is 35.5. The van der Waals surface area contributed by atoms with Crippen molar-refractivity contribution in [3.63, 3.8) is 0 Å². The number of benzene rings is 2. The number of thioether (sulfide) groups is 2. The van der Waals surface area contributed by atoms with Crippen molar-refractivity contribution in [2.24, 2.45) is 0 Å². The second kappa shape index (κ2) is 10.6. The zero-order valence-corrected chi connectivity index (χ0v) is 15.5. The lowest BCUT2D eigenvalue weighted by Gasteiger charge is -2.06. The molecule has 24 heavy (non-hydrogen) atoms. The van der Waals surface area contributed by atoms with Crippen LogP contribution in [0.3, 0.4) is 0 Å². The Morgan fingerprint density at radius 2 is 1.54 bits per heavy atom. The van der Waals surface area contributed by atoms with Gasteiger partial charge in [-0.1, -0.05) is 35.9 Å². The smallest absolute Gasteiger partial charge is 0.230 e. The zero-order valence-electron chi connectivity index (χ0n) is 13.1. The van der Waals surface area contributed by atoms with Crippen molar-refractivity contribution in [3.05, 3.63) is 70.5 Å². The van der Waals surface area contributed by atoms with Crippen molar-refractivity contribution in [2.45, 2.75) is 11.5 Å². The zero-order chi connectivity index (χ0) is 17.2. The molecule has 2 aromatic rings. The molecule has 0 aliphatic heterocycles. The maximum atomic E-state index is 12.8. The second-order valence-electron chi connectivity index (χ2n) is 5.15. The Morgan fingerprint density at radius 1 is 0.958 bits per heavy atom. The molecule has 0 fully saturated rings. The molecule has 2 aromatic carbocycles. The first-order chi connectivity index (χ1) is 11.6. The van der Waals surface area contributed by atoms with E-state index in [1.165, 1.54) is 29.5 Å². The molecule has 0 radical (unpaired) electrons. The van der Waals surface area contributed by atoms with E-state index in [2.05, 4.69) is 5.32 Å². The minimum absolute atomic E-state index is 0.0363. The number of nitrogens with one attached hydrogen (secondary N) is 1. The minimum atomic E-state index is -0.238. The van der Waals surface area contributed by atoms with Crippen LogP contribution in [0.25, 0.3) is 0 Å². The van der Waals surface area contributed by atoms with Gasteiger partial charge in [-0.05, 0) is 35.4 Å². The van der Waals surface area contributed by atoms with Gasteiger partial charge in [-0.2, -0.15) is 11.8 Å². The monoisotopic (exact) mass is 383 g/mol. The van der Waals surface area contributed by atoms with Gasteiger partial charge < -0.3 is 5.32 Å². The molecule has 1 N–H and O–H groups in total. The predicted octanol–water partition coefficient (Wildman–Crippen LogP) is 4.76. The van der Waals surface area contributed by atoms with Crippen molar-refractivity contribution in [3.8, 4) is 0 Å². The van der Waals surface area contributed by atoms with Crippen LogP contribution in [-0.2, 0) is 16.3 Å².